The molecule has 0 aliphatic rings. The molecular weight excluding hydrogens is 292 g/mol. The lowest BCUT2D eigenvalue weighted by Crippen LogP contribution is -2.23. The molecule has 0 fully saturated rings. The average Bonchev–Trinajstić information content (AvgIpc) is 3.14. The highest BCUT2D eigenvalue weighted by Gasteiger charge is 2.19. The lowest BCUT2D eigenvalue weighted by Gasteiger charge is -2.23. The van der Waals surface area contributed by atoms with Gasteiger partial charge in [-0.3, -0.25) is 4.90 Å². The minimum atomic E-state index is 0.156. The van der Waals surface area contributed by atoms with Crippen molar-refractivity contribution in [3.05, 3.63) is 53.6 Å². The Morgan fingerprint density at radius 3 is 2.65 bits per heavy atom. The fraction of sp³-hybridized carbons (Fsp3) is 0.353. The number of rotatable bonds is 5. The van der Waals surface area contributed by atoms with Crippen LogP contribution in [0.2, 0.25) is 0 Å². The van der Waals surface area contributed by atoms with Crippen LogP contribution in [-0.4, -0.2) is 26.9 Å². The fourth-order valence-corrected chi connectivity index (χ4v) is 2.38. The third-order valence-electron chi connectivity index (χ3n) is 3.94. The quantitative estimate of drug-likeness (QED) is 0.718. The molecule has 0 amide bonds. The molecule has 23 heavy (non-hydrogen) atoms. The van der Waals surface area contributed by atoms with Crippen LogP contribution in [0.5, 0.6) is 0 Å². The number of nitrogens with zero attached hydrogens (tertiary/aromatic N) is 4. The number of hydrogen-bond donors (Lipinski definition) is 0. The Labute approximate surface area is 135 Å². The Morgan fingerprint density at radius 2 is 2.00 bits per heavy atom. The minimum Gasteiger partial charge on any atom is -0.456 e. The molecule has 3 rings (SSSR count). The summed E-state index contributed by atoms with van der Waals surface area (Å²) < 4.78 is 11.3. The summed E-state index contributed by atoms with van der Waals surface area (Å²) in [4.78, 5) is 15.0. The maximum atomic E-state index is 5.74. The van der Waals surface area contributed by atoms with Crippen molar-refractivity contribution >= 4 is 0 Å². The molecule has 0 N–H and O–H groups in total. The van der Waals surface area contributed by atoms with Gasteiger partial charge >= 0.3 is 0 Å². The van der Waals surface area contributed by atoms with Gasteiger partial charge in [-0.05, 0) is 46.0 Å². The largest absolute Gasteiger partial charge is 0.456 e. The molecule has 3 aromatic rings. The van der Waals surface area contributed by atoms with E-state index in [2.05, 4.69) is 26.8 Å². The van der Waals surface area contributed by atoms with Gasteiger partial charge in [0.2, 0.25) is 0 Å². The SMILES string of the molecule is Cc1ccc(-c2nc(CN(C)[C@@H](C)c3ccncn3)c(C)o2)o1. The monoisotopic (exact) mass is 312 g/mol. The topological polar surface area (TPSA) is 68.2 Å². The maximum absolute atomic E-state index is 5.74. The molecule has 3 aromatic heterocycles. The summed E-state index contributed by atoms with van der Waals surface area (Å²) in [7, 11) is 2.04. The van der Waals surface area contributed by atoms with Gasteiger partial charge in [-0.2, -0.15) is 0 Å². The molecule has 120 valence electrons. The standard InChI is InChI=1S/C17H20N4O2/c1-11-5-6-16(22-11)17-20-15(13(3)23-17)9-21(4)12(2)14-7-8-18-10-19-14/h5-8,10,12H,9H2,1-4H3/t12-/m0/s1. The van der Waals surface area contributed by atoms with Crippen molar-refractivity contribution in [3.8, 4) is 11.7 Å². The number of oxazole rings is 1. The molecule has 0 unspecified atom stereocenters. The van der Waals surface area contributed by atoms with E-state index in [0.717, 1.165) is 22.9 Å². The molecule has 0 aromatic carbocycles. The lowest BCUT2D eigenvalue weighted by atomic mass is 10.2. The second-order valence-corrected chi connectivity index (χ2v) is 5.66. The molecular formula is C17H20N4O2. The molecule has 0 aliphatic heterocycles. The summed E-state index contributed by atoms with van der Waals surface area (Å²) in [5.41, 5.74) is 1.88. The Hall–Kier alpha value is -2.47. The number of aryl methyl sites for hydroxylation is 2. The Balaban J connectivity index is 1.76. The van der Waals surface area contributed by atoms with Gasteiger partial charge in [0.15, 0.2) is 5.76 Å². The third-order valence-corrected chi connectivity index (χ3v) is 3.94. The molecule has 0 spiro atoms. The van der Waals surface area contributed by atoms with Crippen molar-refractivity contribution in [2.75, 3.05) is 7.05 Å². The summed E-state index contributed by atoms with van der Waals surface area (Å²) in [5.74, 6) is 2.82. The first kappa shape index (κ1) is 15.4. The van der Waals surface area contributed by atoms with E-state index in [1.165, 1.54) is 0 Å². The summed E-state index contributed by atoms with van der Waals surface area (Å²) in [6.07, 6.45) is 3.32. The smallest absolute Gasteiger partial charge is 0.263 e. The van der Waals surface area contributed by atoms with E-state index in [0.29, 0.717) is 18.2 Å². The van der Waals surface area contributed by atoms with Crippen LogP contribution in [0.4, 0.5) is 0 Å². The van der Waals surface area contributed by atoms with Gasteiger partial charge in [0, 0.05) is 18.8 Å². The molecule has 0 bridgehead atoms. The van der Waals surface area contributed by atoms with Gasteiger partial charge in [0.05, 0.1) is 11.4 Å². The average molecular weight is 312 g/mol. The van der Waals surface area contributed by atoms with Crippen LogP contribution in [0.15, 0.2) is 39.6 Å². The lowest BCUT2D eigenvalue weighted by molar-refractivity contribution is 0.244. The second kappa shape index (κ2) is 6.34. The van der Waals surface area contributed by atoms with E-state index in [1.54, 1.807) is 12.5 Å². The fourth-order valence-electron chi connectivity index (χ4n) is 2.38. The molecule has 0 aliphatic carbocycles. The van der Waals surface area contributed by atoms with Crippen LogP contribution in [0.25, 0.3) is 11.7 Å². The predicted molar refractivity (Wildman–Crippen MR) is 85.6 cm³/mol. The molecule has 6 nitrogen and oxygen atoms in total. The van der Waals surface area contributed by atoms with Gasteiger partial charge in [-0.25, -0.2) is 15.0 Å². The highest BCUT2D eigenvalue weighted by atomic mass is 16.4. The number of hydrogen-bond acceptors (Lipinski definition) is 6. The van der Waals surface area contributed by atoms with E-state index >= 15 is 0 Å². The van der Waals surface area contributed by atoms with E-state index in [-0.39, 0.29) is 6.04 Å². The van der Waals surface area contributed by atoms with Crippen LogP contribution in [0, 0.1) is 13.8 Å². The van der Waals surface area contributed by atoms with Crippen LogP contribution in [0.3, 0.4) is 0 Å². The van der Waals surface area contributed by atoms with Crippen LogP contribution in [0.1, 0.15) is 35.9 Å². The Kier molecular flexibility index (Phi) is 4.25. The second-order valence-electron chi connectivity index (χ2n) is 5.66. The Bertz CT molecular complexity index is 779. The highest BCUT2D eigenvalue weighted by molar-refractivity contribution is 5.45. The molecule has 0 saturated carbocycles. The van der Waals surface area contributed by atoms with Crippen molar-refractivity contribution in [2.24, 2.45) is 0 Å². The van der Waals surface area contributed by atoms with Gasteiger partial charge in [0.1, 0.15) is 17.8 Å². The zero-order valence-electron chi connectivity index (χ0n) is 13.8. The molecule has 0 radical (unpaired) electrons. The predicted octanol–water partition coefficient (Wildman–Crippen LogP) is 3.53. The van der Waals surface area contributed by atoms with Gasteiger partial charge in [0.25, 0.3) is 5.89 Å². The number of furan rings is 1. The van der Waals surface area contributed by atoms with Crippen LogP contribution >= 0.6 is 0 Å². The van der Waals surface area contributed by atoms with Crippen molar-refractivity contribution < 1.29 is 8.83 Å². The van der Waals surface area contributed by atoms with E-state index in [9.17, 15) is 0 Å². The van der Waals surface area contributed by atoms with Crippen molar-refractivity contribution in [3.63, 3.8) is 0 Å². The zero-order chi connectivity index (χ0) is 16.4. The normalized spacial score (nSPS) is 12.7. The summed E-state index contributed by atoms with van der Waals surface area (Å²) >= 11 is 0. The van der Waals surface area contributed by atoms with Crippen LogP contribution < -0.4 is 0 Å². The summed E-state index contributed by atoms with van der Waals surface area (Å²) in [6, 6.07) is 5.85. The van der Waals surface area contributed by atoms with Crippen LogP contribution in [-0.2, 0) is 6.54 Å². The third kappa shape index (κ3) is 3.32. The van der Waals surface area contributed by atoms with Gasteiger partial charge in [-0.1, -0.05) is 0 Å². The molecule has 3 heterocycles. The van der Waals surface area contributed by atoms with Gasteiger partial charge < -0.3 is 8.83 Å². The first-order valence-corrected chi connectivity index (χ1v) is 7.54. The minimum absolute atomic E-state index is 0.156. The van der Waals surface area contributed by atoms with Crippen molar-refractivity contribution in [2.45, 2.75) is 33.4 Å². The van der Waals surface area contributed by atoms with E-state index in [1.807, 2.05) is 39.1 Å². The first-order chi connectivity index (χ1) is 11.0. The first-order valence-electron chi connectivity index (χ1n) is 7.54. The van der Waals surface area contributed by atoms with E-state index in [4.69, 9.17) is 8.83 Å². The maximum Gasteiger partial charge on any atom is 0.263 e. The highest BCUT2D eigenvalue weighted by Crippen LogP contribution is 2.25. The number of aromatic nitrogens is 3. The van der Waals surface area contributed by atoms with Crippen molar-refractivity contribution in [1.29, 1.82) is 0 Å². The zero-order valence-corrected chi connectivity index (χ0v) is 13.8. The van der Waals surface area contributed by atoms with E-state index < -0.39 is 0 Å². The summed E-state index contributed by atoms with van der Waals surface area (Å²) in [6.45, 7) is 6.59. The summed E-state index contributed by atoms with van der Waals surface area (Å²) in [5, 5.41) is 0. The molecule has 0 saturated heterocycles. The Morgan fingerprint density at radius 1 is 1.17 bits per heavy atom. The van der Waals surface area contributed by atoms with Gasteiger partial charge in [-0.15, -0.1) is 0 Å². The molecule has 6 heteroatoms. The molecule has 1 atom stereocenters. The van der Waals surface area contributed by atoms with Crippen molar-refractivity contribution in [1.82, 2.24) is 19.9 Å².